The third kappa shape index (κ3) is 3.64. The lowest BCUT2D eigenvalue weighted by Gasteiger charge is -2.18. The molecule has 4 rings (SSSR count). The zero-order valence-electron chi connectivity index (χ0n) is 16.9. The summed E-state index contributed by atoms with van der Waals surface area (Å²) in [5.74, 6) is -0.676. The molecule has 0 saturated carbocycles. The fourth-order valence-corrected chi connectivity index (χ4v) is 6.36. The fraction of sp³-hybridized carbons (Fsp3) is 0.450. The van der Waals surface area contributed by atoms with Crippen LogP contribution in [-0.2, 0) is 41.2 Å². The Morgan fingerprint density at radius 1 is 1.29 bits per heavy atom. The molecule has 1 aromatic heterocycles. The van der Waals surface area contributed by atoms with Gasteiger partial charge in [-0.05, 0) is 67.7 Å². The van der Waals surface area contributed by atoms with E-state index in [1.807, 2.05) is 0 Å². The molecule has 2 aromatic rings. The van der Waals surface area contributed by atoms with Crippen molar-refractivity contribution in [2.45, 2.75) is 55.3 Å². The Hall–Kier alpha value is -2.36. The number of hydrogen-bond acceptors (Lipinski definition) is 8. The Kier molecular flexibility index (Phi) is 5.39. The van der Waals surface area contributed by atoms with E-state index in [4.69, 9.17) is 9.92 Å². The normalized spacial score (nSPS) is 18.5. The minimum absolute atomic E-state index is 0.0455. The summed E-state index contributed by atoms with van der Waals surface area (Å²) in [6.07, 6.45) is 4.84. The monoisotopic (exact) mass is 461 g/mol. The van der Waals surface area contributed by atoms with Crippen LogP contribution < -0.4 is 10.5 Å². The van der Waals surface area contributed by atoms with Crippen molar-refractivity contribution in [1.29, 1.82) is 10.0 Å². The maximum Gasteiger partial charge on any atom is 0.276 e. The Morgan fingerprint density at radius 2 is 1.84 bits per heavy atom. The third-order valence-electron chi connectivity index (χ3n) is 5.85. The van der Waals surface area contributed by atoms with Gasteiger partial charge in [0.1, 0.15) is 24.7 Å². The number of fused-ring (bicyclic) bond motifs is 2. The summed E-state index contributed by atoms with van der Waals surface area (Å²) in [6.45, 7) is 0.640. The number of nitrogens with zero attached hydrogens (tertiary/aromatic N) is 2. The minimum Gasteiger partial charge on any atom is -0.393 e. The van der Waals surface area contributed by atoms with Crippen LogP contribution in [0.5, 0.6) is 0 Å². The van der Waals surface area contributed by atoms with E-state index in [0.29, 0.717) is 17.0 Å². The Bertz CT molecular complexity index is 1210. The van der Waals surface area contributed by atoms with Crippen molar-refractivity contribution >= 4 is 32.8 Å². The number of nitriles is 1. The van der Waals surface area contributed by atoms with Gasteiger partial charge >= 0.3 is 0 Å². The van der Waals surface area contributed by atoms with Crippen molar-refractivity contribution in [1.82, 2.24) is 4.98 Å². The first-order valence-corrected chi connectivity index (χ1v) is 12.3. The lowest BCUT2D eigenvalue weighted by Crippen LogP contribution is -2.26. The molecule has 1 aromatic carbocycles. The average Bonchev–Trinajstić information content (AvgIpc) is 3.45. The van der Waals surface area contributed by atoms with Crippen molar-refractivity contribution in [3.05, 3.63) is 38.5 Å². The predicted molar refractivity (Wildman–Crippen MR) is 115 cm³/mol. The van der Waals surface area contributed by atoms with E-state index in [1.165, 1.54) is 6.92 Å². The highest BCUT2D eigenvalue weighted by molar-refractivity contribution is 7.92. The van der Waals surface area contributed by atoms with Crippen LogP contribution in [0, 0.1) is 16.1 Å². The fourth-order valence-electron chi connectivity index (χ4n) is 4.37. The molecule has 6 N–H and O–H groups in total. The minimum atomic E-state index is -3.79. The Labute approximate surface area is 184 Å². The molecule has 0 radical (unpaired) electrons. The van der Waals surface area contributed by atoms with Crippen LogP contribution in [0.1, 0.15) is 63.1 Å². The van der Waals surface area contributed by atoms with Gasteiger partial charge in [0.05, 0.1) is 18.2 Å². The van der Waals surface area contributed by atoms with E-state index in [9.17, 15) is 24.5 Å². The smallest absolute Gasteiger partial charge is 0.276 e. The highest BCUT2D eigenvalue weighted by Gasteiger charge is 2.34. The number of carbonyl (C=O) groups excluding carboxylic acids is 1. The van der Waals surface area contributed by atoms with Gasteiger partial charge in [0, 0.05) is 5.69 Å². The predicted octanol–water partition coefficient (Wildman–Crippen LogP) is 1.72. The third-order valence-corrected chi connectivity index (χ3v) is 8.69. The van der Waals surface area contributed by atoms with Crippen molar-refractivity contribution < 1.29 is 19.2 Å². The molecule has 164 valence electrons. The topological polar surface area (TPSA) is 173 Å². The molecule has 0 spiro atoms. The molecule has 2 aliphatic rings. The molecule has 0 fully saturated rings. The summed E-state index contributed by atoms with van der Waals surface area (Å²) in [5.41, 5.74) is 3.19. The van der Waals surface area contributed by atoms with Crippen LogP contribution >= 0.6 is 11.3 Å². The van der Waals surface area contributed by atoms with Gasteiger partial charge < -0.3 is 15.5 Å². The molecule has 2 unspecified atom stereocenters. The number of thiazole rings is 1. The number of aliphatic hydroxyl groups excluding tert-OH is 1. The van der Waals surface area contributed by atoms with Crippen LogP contribution in [0.4, 0.5) is 5.69 Å². The summed E-state index contributed by atoms with van der Waals surface area (Å²) >= 11 is 0.681. The second kappa shape index (κ2) is 7.65. The number of benzene rings is 1. The molecule has 1 amide bonds. The maximum absolute atomic E-state index is 13.2. The van der Waals surface area contributed by atoms with Crippen molar-refractivity contribution in [3.63, 3.8) is 0 Å². The van der Waals surface area contributed by atoms with Crippen LogP contribution in [0.3, 0.4) is 0 Å². The molecule has 11 heteroatoms. The van der Waals surface area contributed by atoms with Crippen LogP contribution in [0.25, 0.3) is 0 Å². The molecule has 9 nitrogen and oxygen atoms in total. The summed E-state index contributed by atoms with van der Waals surface area (Å²) in [7, 11) is -3.79. The van der Waals surface area contributed by atoms with E-state index < -0.39 is 28.0 Å². The van der Waals surface area contributed by atoms with E-state index in [-0.39, 0.29) is 14.9 Å². The zero-order chi connectivity index (χ0) is 22.6. The maximum atomic E-state index is 13.2. The summed E-state index contributed by atoms with van der Waals surface area (Å²) < 4.78 is 19.8. The number of aliphatic hydroxyl groups is 2. The van der Waals surface area contributed by atoms with Gasteiger partial charge in [-0.3, -0.25) is 4.79 Å². The number of anilines is 1. The highest BCUT2D eigenvalue weighted by atomic mass is 32.2. The number of amides is 1. The summed E-state index contributed by atoms with van der Waals surface area (Å²) in [6, 6.07) is 2.34. The van der Waals surface area contributed by atoms with Crippen LogP contribution in [-0.4, -0.2) is 31.9 Å². The van der Waals surface area contributed by atoms with E-state index in [2.05, 4.69) is 16.4 Å². The second-order valence-electron chi connectivity index (χ2n) is 8.12. The van der Waals surface area contributed by atoms with Crippen molar-refractivity contribution in [2.24, 2.45) is 5.14 Å². The number of nitrogens with two attached hydrogens (primary N) is 1. The Balaban J connectivity index is 1.82. The lowest BCUT2D eigenvalue weighted by atomic mass is 9.92. The highest BCUT2D eigenvalue weighted by Crippen LogP contribution is 2.42. The molecule has 0 aliphatic heterocycles. The van der Waals surface area contributed by atoms with Gasteiger partial charge in [0.15, 0.2) is 5.69 Å². The molecule has 0 saturated heterocycles. The SMILES string of the molecule is CC(O)(CO)c1nc(C(=O)Nc2c3c(c(C#N)c4c2CCC4)CCC3)c(S(=N)(N)=O)s1. The second-order valence-corrected chi connectivity index (χ2v) is 11.0. The molecule has 1 heterocycles. The number of hydrogen-bond donors (Lipinski definition) is 5. The summed E-state index contributed by atoms with van der Waals surface area (Å²) in [5, 5.41) is 37.8. The van der Waals surface area contributed by atoms with Gasteiger partial charge in [-0.25, -0.2) is 19.1 Å². The van der Waals surface area contributed by atoms with Gasteiger partial charge in [-0.1, -0.05) is 0 Å². The molecular weight excluding hydrogens is 438 g/mol. The molecular formula is C20H23N5O4S2. The van der Waals surface area contributed by atoms with Crippen LogP contribution in [0.15, 0.2) is 4.21 Å². The lowest BCUT2D eigenvalue weighted by molar-refractivity contribution is -0.00250. The number of nitrogens with one attached hydrogen (secondary N) is 2. The van der Waals surface area contributed by atoms with Gasteiger partial charge in [-0.2, -0.15) is 5.26 Å². The number of aromatic nitrogens is 1. The van der Waals surface area contributed by atoms with E-state index in [0.717, 1.165) is 66.3 Å². The molecule has 0 bridgehead atoms. The zero-order valence-corrected chi connectivity index (χ0v) is 18.6. The van der Waals surface area contributed by atoms with Crippen molar-refractivity contribution in [2.75, 3.05) is 11.9 Å². The van der Waals surface area contributed by atoms with E-state index in [1.54, 1.807) is 0 Å². The first-order valence-electron chi connectivity index (χ1n) is 9.90. The first kappa shape index (κ1) is 21.9. The average molecular weight is 462 g/mol. The summed E-state index contributed by atoms with van der Waals surface area (Å²) in [4.78, 5) is 17.3. The van der Waals surface area contributed by atoms with Crippen LogP contribution in [0.2, 0.25) is 0 Å². The van der Waals surface area contributed by atoms with Gasteiger partial charge in [0.25, 0.3) is 5.91 Å². The largest absolute Gasteiger partial charge is 0.393 e. The molecule has 2 aliphatic carbocycles. The van der Waals surface area contributed by atoms with E-state index >= 15 is 0 Å². The van der Waals surface area contributed by atoms with Gasteiger partial charge in [0.2, 0.25) is 0 Å². The number of carbonyl (C=O) groups is 1. The molecule has 2 atom stereocenters. The van der Waals surface area contributed by atoms with Crippen molar-refractivity contribution in [3.8, 4) is 6.07 Å². The first-order chi connectivity index (χ1) is 14.6. The number of rotatable bonds is 5. The standard InChI is InChI=1S/C20H23N5O4S2/c1-20(28,9-26)19-25-16(18(30-19)31(22,23)29)17(27)24-15-12-6-2-4-10(12)14(8-21)11-5-3-7-13(11)15/h26,28H,2-7,9H2,1H3,(H,24,27)(H3,22,23,29). The molecule has 31 heavy (non-hydrogen) atoms. The Morgan fingerprint density at radius 3 is 2.32 bits per heavy atom. The quantitative estimate of drug-likeness (QED) is 0.453. The van der Waals surface area contributed by atoms with Gasteiger partial charge in [-0.15, -0.1) is 11.3 Å².